The van der Waals surface area contributed by atoms with E-state index in [-0.39, 0.29) is 23.9 Å². The van der Waals surface area contributed by atoms with Crippen LogP contribution >= 0.6 is 0 Å². The molecule has 5 nitrogen and oxygen atoms in total. The van der Waals surface area contributed by atoms with Crippen molar-refractivity contribution in [3.05, 3.63) is 11.6 Å². The Balaban J connectivity index is 2.69. The summed E-state index contributed by atoms with van der Waals surface area (Å²) in [5.74, 6) is -0.245. The molecular weight excluding hydrogens is 280 g/mol. The number of aliphatic hydroxyl groups is 2. The smallest absolute Gasteiger partial charge is 0.264 e. The van der Waals surface area contributed by atoms with Gasteiger partial charge in [0.25, 0.3) is 5.91 Å². The zero-order chi connectivity index (χ0) is 16.8. The number of unbranched alkanes of at least 4 members (excludes halogenated alkanes) is 2. The van der Waals surface area contributed by atoms with E-state index in [0.717, 1.165) is 19.3 Å². The largest absolute Gasteiger partial charge is 0.388 e. The van der Waals surface area contributed by atoms with E-state index in [9.17, 15) is 15.0 Å². The third-order valence-corrected chi connectivity index (χ3v) is 4.18. The minimum absolute atomic E-state index is 0.0819. The fourth-order valence-corrected chi connectivity index (χ4v) is 2.78. The Morgan fingerprint density at radius 2 is 2.18 bits per heavy atom. The SMILES string of the molecule is CCCCC[C@]1(O)CCN(C(=O)/C(C#N)=C/C(C)C)C[C@@H]1O. The first-order valence-corrected chi connectivity index (χ1v) is 8.15. The predicted molar refractivity (Wildman–Crippen MR) is 84.8 cm³/mol. The van der Waals surface area contributed by atoms with E-state index in [1.807, 2.05) is 19.9 Å². The van der Waals surface area contributed by atoms with Crippen molar-refractivity contribution in [3.8, 4) is 6.07 Å². The van der Waals surface area contributed by atoms with Crippen molar-refractivity contribution in [1.82, 2.24) is 4.90 Å². The Labute approximate surface area is 133 Å². The number of hydrogen-bond acceptors (Lipinski definition) is 4. The zero-order valence-corrected chi connectivity index (χ0v) is 13.9. The molecule has 1 rings (SSSR count). The predicted octanol–water partition coefficient (Wildman–Crippen LogP) is 2.00. The number of β-amino-alcohol motifs (C(OH)–C–C–N with tert-alkyl or cyclic N) is 1. The van der Waals surface area contributed by atoms with E-state index in [2.05, 4.69) is 6.92 Å². The Morgan fingerprint density at radius 3 is 2.68 bits per heavy atom. The Morgan fingerprint density at radius 1 is 1.50 bits per heavy atom. The van der Waals surface area contributed by atoms with Gasteiger partial charge < -0.3 is 15.1 Å². The second-order valence-corrected chi connectivity index (χ2v) is 6.51. The summed E-state index contributed by atoms with van der Waals surface area (Å²) in [6.45, 7) is 6.35. The van der Waals surface area contributed by atoms with Gasteiger partial charge in [0.2, 0.25) is 0 Å². The Hall–Kier alpha value is -1.38. The minimum atomic E-state index is -1.11. The van der Waals surface area contributed by atoms with Gasteiger partial charge in [0.05, 0.1) is 5.60 Å². The standard InChI is InChI=1S/C17H28N2O3/c1-4-5-6-7-17(22)8-9-19(12-15(17)20)16(21)14(11-18)10-13(2)3/h10,13,15,20,22H,4-9,12H2,1-3H3/b14-10+/t15-,17-/m0/s1. The van der Waals surface area contributed by atoms with Gasteiger partial charge in [0, 0.05) is 13.1 Å². The Bertz CT molecular complexity index is 453. The van der Waals surface area contributed by atoms with Crippen LogP contribution < -0.4 is 0 Å². The summed E-state index contributed by atoms with van der Waals surface area (Å²) < 4.78 is 0. The molecule has 2 atom stereocenters. The van der Waals surface area contributed by atoms with Gasteiger partial charge in [-0.1, -0.05) is 46.1 Å². The van der Waals surface area contributed by atoms with Crippen molar-refractivity contribution in [1.29, 1.82) is 5.26 Å². The number of rotatable bonds is 6. The van der Waals surface area contributed by atoms with Gasteiger partial charge in [0.15, 0.2) is 0 Å². The molecule has 1 saturated heterocycles. The number of amides is 1. The maximum Gasteiger partial charge on any atom is 0.264 e. The number of piperidine rings is 1. The number of hydrogen-bond donors (Lipinski definition) is 2. The minimum Gasteiger partial charge on any atom is -0.388 e. The molecule has 0 unspecified atom stereocenters. The number of nitriles is 1. The average Bonchev–Trinajstić information content (AvgIpc) is 2.47. The summed E-state index contributed by atoms with van der Waals surface area (Å²) in [6.07, 6.45) is 4.53. The summed E-state index contributed by atoms with van der Waals surface area (Å²) in [5.41, 5.74) is -1.00. The monoisotopic (exact) mass is 308 g/mol. The summed E-state index contributed by atoms with van der Waals surface area (Å²) in [4.78, 5) is 13.8. The fraction of sp³-hybridized carbons (Fsp3) is 0.765. The van der Waals surface area contributed by atoms with Crippen LogP contribution in [0.25, 0.3) is 0 Å². The van der Waals surface area contributed by atoms with Crippen LogP contribution in [-0.4, -0.2) is 45.8 Å². The highest BCUT2D eigenvalue weighted by Crippen LogP contribution is 2.29. The average molecular weight is 308 g/mol. The van der Waals surface area contributed by atoms with E-state index in [1.165, 1.54) is 4.90 Å². The first-order valence-electron chi connectivity index (χ1n) is 8.15. The number of aliphatic hydroxyl groups excluding tert-OH is 1. The fourth-order valence-electron chi connectivity index (χ4n) is 2.78. The highest BCUT2D eigenvalue weighted by molar-refractivity contribution is 5.97. The first kappa shape index (κ1) is 18.7. The van der Waals surface area contributed by atoms with Crippen LogP contribution in [0.2, 0.25) is 0 Å². The van der Waals surface area contributed by atoms with Crippen LogP contribution in [0.4, 0.5) is 0 Å². The number of carbonyl (C=O) groups excluding carboxylic acids is 1. The number of allylic oxidation sites excluding steroid dienone is 1. The molecule has 0 radical (unpaired) electrons. The topological polar surface area (TPSA) is 84.6 Å². The molecular formula is C17H28N2O3. The molecule has 1 aliphatic rings. The van der Waals surface area contributed by atoms with Gasteiger partial charge >= 0.3 is 0 Å². The van der Waals surface area contributed by atoms with Crippen molar-refractivity contribution in [2.75, 3.05) is 13.1 Å². The quantitative estimate of drug-likeness (QED) is 0.446. The van der Waals surface area contributed by atoms with Crippen LogP contribution in [0.1, 0.15) is 52.9 Å². The number of nitrogens with zero attached hydrogens (tertiary/aromatic N) is 2. The normalized spacial score (nSPS) is 26.1. The molecule has 124 valence electrons. The van der Waals surface area contributed by atoms with Gasteiger partial charge in [-0.3, -0.25) is 4.79 Å². The highest BCUT2D eigenvalue weighted by atomic mass is 16.3. The summed E-state index contributed by atoms with van der Waals surface area (Å²) in [7, 11) is 0. The molecule has 0 spiro atoms. The van der Waals surface area contributed by atoms with Crippen LogP contribution in [0.3, 0.4) is 0 Å². The molecule has 1 aliphatic heterocycles. The lowest BCUT2D eigenvalue weighted by Crippen LogP contribution is -2.57. The lowest BCUT2D eigenvalue weighted by Gasteiger charge is -2.42. The molecule has 0 aromatic rings. The van der Waals surface area contributed by atoms with E-state index in [0.29, 0.717) is 19.4 Å². The van der Waals surface area contributed by atoms with Gasteiger partial charge in [-0.25, -0.2) is 0 Å². The van der Waals surface area contributed by atoms with E-state index >= 15 is 0 Å². The van der Waals surface area contributed by atoms with Crippen LogP contribution in [0.15, 0.2) is 11.6 Å². The molecule has 22 heavy (non-hydrogen) atoms. The van der Waals surface area contributed by atoms with E-state index in [1.54, 1.807) is 6.08 Å². The lowest BCUT2D eigenvalue weighted by atomic mass is 9.83. The molecule has 0 aromatic carbocycles. The lowest BCUT2D eigenvalue weighted by molar-refractivity contribution is -0.147. The van der Waals surface area contributed by atoms with E-state index in [4.69, 9.17) is 5.26 Å². The molecule has 0 bridgehead atoms. The van der Waals surface area contributed by atoms with Gasteiger partial charge in [-0.2, -0.15) is 5.26 Å². The number of carbonyl (C=O) groups is 1. The van der Waals surface area contributed by atoms with E-state index < -0.39 is 11.7 Å². The van der Waals surface area contributed by atoms with Crippen molar-refractivity contribution in [2.24, 2.45) is 5.92 Å². The Kier molecular flexibility index (Phi) is 7.05. The van der Waals surface area contributed by atoms with Crippen molar-refractivity contribution >= 4 is 5.91 Å². The second-order valence-electron chi connectivity index (χ2n) is 6.51. The van der Waals surface area contributed by atoms with Crippen LogP contribution in [0, 0.1) is 17.2 Å². The summed E-state index contributed by atoms with van der Waals surface area (Å²) >= 11 is 0. The third kappa shape index (κ3) is 4.82. The van der Waals surface area contributed by atoms with Crippen molar-refractivity contribution < 1.29 is 15.0 Å². The second kappa shape index (κ2) is 8.30. The summed E-state index contributed by atoms with van der Waals surface area (Å²) in [6, 6.07) is 1.93. The molecule has 1 amide bonds. The third-order valence-electron chi connectivity index (χ3n) is 4.18. The number of likely N-dealkylation sites (tertiary alicyclic amines) is 1. The summed E-state index contributed by atoms with van der Waals surface area (Å²) in [5, 5.41) is 29.9. The maximum atomic E-state index is 12.3. The molecule has 2 N–H and O–H groups in total. The molecule has 0 saturated carbocycles. The highest BCUT2D eigenvalue weighted by Gasteiger charge is 2.41. The molecule has 0 aromatic heterocycles. The molecule has 0 aliphatic carbocycles. The zero-order valence-electron chi connectivity index (χ0n) is 13.9. The molecule has 5 heteroatoms. The van der Waals surface area contributed by atoms with Crippen LogP contribution in [-0.2, 0) is 4.79 Å². The maximum absolute atomic E-state index is 12.3. The molecule has 1 heterocycles. The van der Waals surface area contributed by atoms with Crippen LogP contribution in [0.5, 0.6) is 0 Å². The van der Waals surface area contributed by atoms with Gasteiger partial charge in [-0.05, 0) is 18.8 Å². The van der Waals surface area contributed by atoms with Gasteiger partial charge in [0.1, 0.15) is 17.7 Å². The molecule has 1 fully saturated rings. The van der Waals surface area contributed by atoms with Crippen molar-refractivity contribution in [2.45, 2.75) is 64.6 Å². The first-order chi connectivity index (χ1) is 10.3. The van der Waals surface area contributed by atoms with Gasteiger partial charge in [-0.15, -0.1) is 0 Å². The van der Waals surface area contributed by atoms with Crippen molar-refractivity contribution in [3.63, 3.8) is 0 Å².